The smallest absolute Gasteiger partial charge is 0.255 e. The van der Waals surface area contributed by atoms with Crippen LogP contribution in [0.25, 0.3) is 0 Å². The van der Waals surface area contributed by atoms with Crippen molar-refractivity contribution in [2.45, 2.75) is 43.7 Å². The Hall–Kier alpha value is -1.89. The summed E-state index contributed by atoms with van der Waals surface area (Å²) in [6.45, 7) is 1.98. The van der Waals surface area contributed by atoms with Crippen LogP contribution >= 0.6 is 0 Å². The largest absolute Gasteiger partial charge is 0.381 e. The molecule has 0 spiro atoms. The Labute approximate surface area is 128 Å². The Kier molecular flexibility index (Phi) is 3.37. The highest BCUT2D eigenvalue weighted by Crippen LogP contribution is 2.31. The van der Waals surface area contributed by atoms with Crippen LogP contribution in [0.5, 0.6) is 0 Å². The minimum Gasteiger partial charge on any atom is -0.381 e. The van der Waals surface area contributed by atoms with Crippen molar-refractivity contribution >= 4 is 11.8 Å². The lowest BCUT2D eigenvalue weighted by Crippen LogP contribution is -2.38. The van der Waals surface area contributed by atoms with Gasteiger partial charge < -0.3 is 15.0 Å². The molecule has 2 saturated heterocycles. The zero-order valence-electron chi connectivity index (χ0n) is 12.4. The number of aromatic nitrogens is 2. The number of H-pyrrole nitrogens is 1. The molecule has 1 aliphatic carbocycles. The summed E-state index contributed by atoms with van der Waals surface area (Å²) in [6, 6.07) is 0.317. The molecule has 3 fully saturated rings. The standard InChI is InChI=1S/C15H20N4O3/c20-13-5-10(7-19(13)11-1-2-11)17-15(21)12-6-16-18-14(12)9-3-4-22-8-9/h6,9-11H,1-5,7-8H2,(H,16,18)(H,17,21)/t9-,10+/m1/s1. The zero-order chi connectivity index (χ0) is 15.1. The van der Waals surface area contributed by atoms with Crippen molar-refractivity contribution in [3.63, 3.8) is 0 Å². The van der Waals surface area contributed by atoms with Crippen molar-refractivity contribution in [1.29, 1.82) is 0 Å². The van der Waals surface area contributed by atoms with Crippen molar-refractivity contribution in [3.8, 4) is 0 Å². The van der Waals surface area contributed by atoms with E-state index in [0.29, 0.717) is 31.2 Å². The van der Waals surface area contributed by atoms with E-state index in [1.807, 2.05) is 4.90 Å². The molecule has 1 aromatic rings. The van der Waals surface area contributed by atoms with Gasteiger partial charge in [0, 0.05) is 31.5 Å². The summed E-state index contributed by atoms with van der Waals surface area (Å²) in [7, 11) is 0. The Bertz CT molecular complexity index is 589. The van der Waals surface area contributed by atoms with Gasteiger partial charge in [-0.05, 0) is 19.3 Å². The summed E-state index contributed by atoms with van der Waals surface area (Å²) in [5.74, 6) is 0.215. The van der Waals surface area contributed by atoms with Gasteiger partial charge in [-0.3, -0.25) is 14.7 Å². The van der Waals surface area contributed by atoms with E-state index in [9.17, 15) is 9.59 Å². The Morgan fingerprint density at radius 3 is 3.00 bits per heavy atom. The average Bonchev–Trinajstić information content (AvgIpc) is 2.94. The summed E-state index contributed by atoms with van der Waals surface area (Å²) in [4.78, 5) is 26.4. The summed E-state index contributed by atoms with van der Waals surface area (Å²) >= 11 is 0. The molecule has 118 valence electrons. The number of hydrogen-bond donors (Lipinski definition) is 2. The number of nitrogens with zero attached hydrogens (tertiary/aromatic N) is 2. The minimum atomic E-state index is -0.147. The number of nitrogens with one attached hydrogen (secondary N) is 2. The van der Waals surface area contributed by atoms with E-state index in [1.165, 1.54) is 0 Å². The molecule has 7 nitrogen and oxygen atoms in total. The van der Waals surface area contributed by atoms with Gasteiger partial charge in [0.25, 0.3) is 5.91 Å². The van der Waals surface area contributed by atoms with E-state index in [4.69, 9.17) is 4.74 Å². The lowest BCUT2D eigenvalue weighted by molar-refractivity contribution is -0.128. The molecular formula is C15H20N4O3. The molecule has 1 aromatic heterocycles. The van der Waals surface area contributed by atoms with Gasteiger partial charge in [0.1, 0.15) is 0 Å². The highest BCUT2D eigenvalue weighted by molar-refractivity contribution is 5.96. The highest BCUT2D eigenvalue weighted by atomic mass is 16.5. The predicted octanol–water partition coefficient (Wildman–Crippen LogP) is 0.407. The summed E-state index contributed by atoms with van der Waals surface area (Å²) in [6.07, 6.45) is 5.07. The number of likely N-dealkylation sites (tertiary alicyclic amines) is 1. The van der Waals surface area contributed by atoms with E-state index in [0.717, 1.165) is 31.6 Å². The summed E-state index contributed by atoms with van der Waals surface area (Å²) in [5, 5.41) is 9.93. The third-order valence-corrected chi connectivity index (χ3v) is 4.73. The van der Waals surface area contributed by atoms with Gasteiger partial charge >= 0.3 is 0 Å². The zero-order valence-corrected chi connectivity index (χ0v) is 12.4. The van der Waals surface area contributed by atoms with Crippen LogP contribution in [-0.4, -0.2) is 58.8 Å². The van der Waals surface area contributed by atoms with Crippen LogP contribution in [0.1, 0.15) is 47.7 Å². The van der Waals surface area contributed by atoms with Crippen LogP contribution in [-0.2, 0) is 9.53 Å². The molecule has 22 heavy (non-hydrogen) atoms. The normalized spacial score (nSPS) is 28.4. The predicted molar refractivity (Wildman–Crippen MR) is 77.4 cm³/mol. The van der Waals surface area contributed by atoms with E-state index < -0.39 is 0 Å². The lowest BCUT2D eigenvalue weighted by Gasteiger charge is -2.16. The van der Waals surface area contributed by atoms with Crippen LogP contribution in [0.2, 0.25) is 0 Å². The molecule has 3 aliphatic rings. The minimum absolute atomic E-state index is 0.0943. The van der Waals surface area contributed by atoms with Crippen LogP contribution in [0.3, 0.4) is 0 Å². The second-order valence-corrected chi connectivity index (χ2v) is 6.41. The molecule has 1 saturated carbocycles. The van der Waals surface area contributed by atoms with Gasteiger partial charge in [0.2, 0.25) is 5.91 Å². The van der Waals surface area contributed by atoms with Crippen LogP contribution in [0.15, 0.2) is 6.20 Å². The first kappa shape index (κ1) is 13.8. The number of hydrogen-bond acceptors (Lipinski definition) is 4. The second kappa shape index (κ2) is 5.39. The van der Waals surface area contributed by atoms with Crippen LogP contribution < -0.4 is 5.32 Å². The quantitative estimate of drug-likeness (QED) is 0.843. The van der Waals surface area contributed by atoms with Crippen molar-refractivity contribution in [2.24, 2.45) is 0 Å². The first-order chi connectivity index (χ1) is 10.7. The Balaban J connectivity index is 1.42. The molecule has 4 rings (SSSR count). The lowest BCUT2D eigenvalue weighted by atomic mass is 10.0. The van der Waals surface area contributed by atoms with E-state index in [-0.39, 0.29) is 23.8 Å². The van der Waals surface area contributed by atoms with Gasteiger partial charge in [-0.15, -0.1) is 0 Å². The highest BCUT2D eigenvalue weighted by Gasteiger charge is 2.40. The Morgan fingerprint density at radius 2 is 2.27 bits per heavy atom. The monoisotopic (exact) mass is 304 g/mol. The molecule has 7 heteroatoms. The van der Waals surface area contributed by atoms with Crippen molar-refractivity contribution < 1.29 is 14.3 Å². The van der Waals surface area contributed by atoms with Gasteiger partial charge in [0.05, 0.1) is 30.1 Å². The van der Waals surface area contributed by atoms with E-state index in [1.54, 1.807) is 6.20 Å². The number of aromatic amines is 1. The molecular weight excluding hydrogens is 284 g/mol. The first-order valence-electron chi connectivity index (χ1n) is 7.93. The molecule has 2 amide bonds. The molecule has 0 unspecified atom stereocenters. The average molecular weight is 304 g/mol. The molecule has 2 aliphatic heterocycles. The van der Waals surface area contributed by atoms with Crippen molar-refractivity contribution in [3.05, 3.63) is 17.5 Å². The topological polar surface area (TPSA) is 87.3 Å². The maximum Gasteiger partial charge on any atom is 0.255 e. The summed E-state index contributed by atoms with van der Waals surface area (Å²) < 4.78 is 5.38. The van der Waals surface area contributed by atoms with Gasteiger partial charge in [0.15, 0.2) is 0 Å². The maximum atomic E-state index is 12.5. The summed E-state index contributed by atoms with van der Waals surface area (Å²) in [5.41, 5.74) is 1.42. The van der Waals surface area contributed by atoms with Gasteiger partial charge in [-0.2, -0.15) is 5.10 Å². The van der Waals surface area contributed by atoms with Gasteiger partial charge in [-0.25, -0.2) is 0 Å². The second-order valence-electron chi connectivity index (χ2n) is 6.41. The van der Waals surface area contributed by atoms with Crippen molar-refractivity contribution in [2.75, 3.05) is 19.8 Å². The molecule has 0 bridgehead atoms. The Morgan fingerprint density at radius 1 is 1.41 bits per heavy atom. The fourth-order valence-corrected chi connectivity index (χ4v) is 3.38. The number of carbonyl (C=O) groups is 2. The number of rotatable bonds is 4. The van der Waals surface area contributed by atoms with E-state index in [2.05, 4.69) is 15.5 Å². The number of carbonyl (C=O) groups excluding carboxylic acids is 2. The number of amides is 2. The third-order valence-electron chi connectivity index (χ3n) is 4.73. The fourth-order valence-electron chi connectivity index (χ4n) is 3.38. The van der Waals surface area contributed by atoms with Crippen LogP contribution in [0.4, 0.5) is 0 Å². The van der Waals surface area contributed by atoms with Gasteiger partial charge in [-0.1, -0.05) is 0 Å². The van der Waals surface area contributed by atoms with E-state index >= 15 is 0 Å². The molecule has 2 N–H and O–H groups in total. The maximum absolute atomic E-state index is 12.5. The molecule has 0 radical (unpaired) electrons. The SMILES string of the molecule is O=C(N[C@H]1CC(=O)N(C2CC2)C1)c1cn[nH]c1[C@@H]1CCOC1. The molecule has 3 heterocycles. The van der Waals surface area contributed by atoms with Crippen molar-refractivity contribution in [1.82, 2.24) is 20.4 Å². The number of ether oxygens (including phenoxy) is 1. The third kappa shape index (κ3) is 2.49. The fraction of sp³-hybridized carbons (Fsp3) is 0.667. The molecule has 2 atom stereocenters. The molecule has 0 aromatic carbocycles. The first-order valence-corrected chi connectivity index (χ1v) is 7.93. The van der Waals surface area contributed by atoms with Crippen LogP contribution in [0, 0.1) is 0 Å².